The first-order chi connectivity index (χ1) is 7.75. The number of nitrogens with zero attached hydrogens (tertiary/aromatic N) is 1. The van der Waals surface area contributed by atoms with Gasteiger partial charge in [0.25, 0.3) is 0 Å². The van der Waals surface area contributed by atoms with Crippen molar-refractivity contribution in [1.29, 1.82) is 0 Å². The lowest BCUT2D eigenvalue weighted by molar-refractivity contribution is 0.152. The molecule has 0 radical (unpaired) electrons. The number of piperidine rings is 1. The molecule has 2 heteroatoms. The maximum Gasteiger partial charge on any atom is 0.0196 e. The summed E-state index contributed by atoms with van der Waals surface area (Å²) >= 11 is 0. The van der Waals surface area contributed by atoms with Crippen molar-refractivity contribution in [3.05, 3.63) is 0 Å². The summed E-state index contributed by atoms with van der Waals surface area (Å²) < 4.78 is 0. The molecule has 0 aromatic heterocycles. The Hall–Kier alpha value is -0.0800. The van der Waals surface area contributed by atoms with E-state index >= 15 is 0 Å². The van der Waals surface area contributed by atoms with E-state index in [9.17, 15) is 0 Å². The smallest absolute Gasteiger partial charge is 0.0196 e. The number of hydrogen-bond donors (Lipinski definition) is 1. The van der Waals surface area contributed by atoms with Crippen molar-refractivity contribution in [2.45, 2.75) is 57.9 Å². The lowest BCUT2D eigenvalue weighted by atomic mass is 9.84. The molecule has 16 heavy (non-hydrogen) atoms. The van der Waals surface area contributed by atoms with Crippen LogP contribution in [0.15, 0.2) is 0 Å². The first-order valence-corrected chi connectivity index (χ1v) is 7.23. The largest absolute Gasteiger partial charge is 0.326 e. The molecule has 2 rings (SSSR count). The van der Waals surface area contributed by atoms with Crippen LogP contribution < -0.4 is 5.73 Å². The van der Waals surface area contributed by atoms with Gasteiger partial charge in [-0.2, -0.15) is 0 Å². The van der Waals surface area contributed by atoms with Gasteiger partial charge in [0.2, 0.25) is 0 Å². The lowest BCUT2D eigenvalue weighted by Crippen LogP contribution is -2.46. The van der Waals surface area contributed by atoms with Crippen molar-refractivity contribution in [3.63, 3.8) is 0 Å². The Bertz CT molecular complexity index is 199. The third kappa shape index (κ3) is 3.46. The number of nitrogens with two attached hydrogens (primary N) is 1. The summed E-state index contributed by atoms with van der Waals surface area (Å²) in [6, 6.07) is 0.436. The van der Waals surface area contributed by atoms with Crippen LogP contribution in [-0.2, 0) is 0 Å². The molecule has 1 aliphatic heterocycles. The predicted octanol–water partition coefficient (Wildman–Crippen LogP) is 2.63. The van der Waals surface area contributed by atoms with Crippen LogP contribution in [0.3, 0.4) is 0 Å². The van der Waals surface area contributed by atoms with Crippen LogP contribution in [0.1, 0.15) is 51.9 Å². The molecule has 1 aliphatic carbocycles. The molecule has 2 nitrogen and oxygen atoms in total. The van der Waals surface area contributed by atoms with Gasteiger partial charge in [-0.05, 0) is 44.1 Å². The Morgan fingerprint density at radius 3 is 2.56 bits per heavy atom. The summed E-state index contributed by atoms with van der Waals surface area (Å²) in [5.41, 5.74) is 6.38. The molecule has 1 saturated heterocycles. The fourth-order valence-electron chi connectivity index (χ4n) is 3.46. The molecule has 2 aliphatic rings. The zero-order valence-corrected chi connectivity index (χ0v) is 10.8. The zero-order chi connectivity index (χ0) is 11.4. The van der Waals surface area contributed by atoms with Crippen LogP contribution in [0.25, 0.3) is 0 Å². The Morgan fingerprint density at radius 1 is 1.12 bits per heavy atom. The molecule has 0 bridgehead atoms. The summed E-state index contributed by atoms with van der Waals surface area (Å²) in [5.74, 6) is 1.69. The summed E-state index contributed by atoms with van der Waals surface area (Å²) in [6.45, 7) is 6.08. The fourth-order valence-corrected chi connectivity index (χ4v) is 3.46. The van der Waals surface area contributed by atoms with Gasteiger partial charge in [0.1, 0.15) is 0 Å². The van der Waals surface area contributed by atoms with Gasteiger partial charge in [0.05, 0.1) is 0 Å². The Balaban J connectivity index is 1.74. The molecule has 94 valence electrons. The van der Waals surface area contributed by atoms with E-state index in [2.05, 4.69) is 11.8 Å². The molecule has 0 aromatic carbocycles. The molecular formula is C14H28N2. The van der Waals surface area contributed by atoms with E-state index < -0.39 is 0 Å². The molecule has 0 aromatic rings. The third-order valence-electron chi connectivity index (χ3n) is 4.47. The van der Waals surface area contributed by atoms with Gasteiger partial charge in [-0.1, -0.05) is 26.2 Å². The van der Waals surface area contributed by atoms with Crippen molar-refractivity contribution < 1.29 is 0 Å². The first-order valence-electron chi connectivity index (χ1n) is 7.23. The van der Waals surface area contributed by atoms with Crippen molar-refractivity contribution in [2.24, 2.45) is 17.6 Å². The minimum atomic E-state index is 0.436. The van der Waals surface area contributed by atoms with Crippen LogP contribution in [0, 0.1) is 11.8 Å². The SMILES string of the molecule is CC1CCCN(CC(N)C2CCCCC2)C1. The Morgan fingerprint density at radius 2 is 1.88 bits per heavy atom. The van der Waals surface area contributed by atoms with Gasteiger partial charge in [0, 0.05) is 19.1 Å². The first kappa shape index (κ1) is 12.4. The normalized spacial score (nSPS) is 31.5. The van der Waals surface area contributed by atoms with Crippen LogP contribution in [0.2, 0.25) is 0 Å². The van der Waals surface area contributed by atoms with E-state index in [4.69, 9.17) is 5.73 Å². The average Bonchev–Trinajstić information content (AvgIpc) is 2.30. The highest BCUT2D eigenvalue weighted by Crippen LogP contribution is 2.26. The van der Waals surface area contributed by atoms with Crippen molar-refractivity contribution in [2.75, 3.05) is 19.6 Å². The van der Waals surface area contributed by atoms with E-state index in [-0.39, 0.29) is 0 Å². The van der Waals surface area contributed by atoms with Gasteiger partial charge in [0.15, 0.2) is 0 Å². The highest BCUT2D eigenvalue weighted by Gasteiger charge is 2.24. The maximum absolute atomic E-state index is 6.38. The highest BCUT2D eigenvalue weighted by molar-refractivity contribution is 4.81. The minimum Gasteiger partial charge on any atom is -0.326 e. The van der Waals surface area contributed by atoms with E-state index in [1.807, 2.05) is 0 Å². The van der Waals surface area contributed by atoms with E-state index in [1.165, 1.54) is 58.0 Å². The van der Waals surface area contributed by atoms with E-state index in [0.717, 1.165) is 18.4 Å². The Labute approximate surface area is 101 Å². The molecule has 0 spiro atoms. The van der Waals surface area contributed by atoms with Gasteiger partial charge < -0.3 is 10.6 Å². The highest BCUT2D eigenvalue weighted by atomic mass is 15.1. The van der Waals surface area contributed by atoms with Gasteiger partial charge >= 0.3 is 0 Å². The molecular weight excluding hydrogens is 196 g/mol. The van der Waals surface area contributed by atoms with Crippen LogP contribution in [-0.4, -0.2) is 30.6 Å². The quantitative estimate of drug-likeness (QED) is 0.798. The second-order valence-corrected chi connectivity index (χ2v) is 6.07. The second-order valence-electron chi connectivity index (χ2n) is 6.07. The average molecular weight is 224 g/mol. The van der Waals surface area contributed by atoms with Crippen LogP contribution in [0.5, 0.6) is 0 Å². The monoisotopic (exact) mass is 224 g/mol. The van der Waals surface area contributed by atoms with Crippen molar-refractivity contribution >= 4 is 0 Å². The summed E-state index contributed by atoms with van der Waals surface area (Å²) in [7, 11) is 0. The number of rotatable bonds is 3. The van der Waals surface area contributed by atoms with Crippen molar-refractivity contribution in [3.8, 4) is 0 Å². The summed E-state index contributed by atoms with van der Waals surface area (Å²) in [6.07, 6.45) is 9.80. The second kappa shape index (κ2) is 6.02. The molecule has 2 N–H and O–H groups in total. The fraction of sp³-hybridized carbons (Fsp3) is 1.00. The molecule has 2 atom stereocenters. The van der Waals surface area contributed by atoms with E-state index in [1.54, 1.807) is 0 Å². The molecule has 1 heterocycles. The predicted molar refractivity (Wildman–Crippen MR) is 69.4 cm³/mol. The summed E-state index contributed by atoms with van der Waals surface area (Å²) in [4.78, 5) is 2.60. The molecule has 2 fully saturated rings. The van der Waals surface area contributed by atoms with Gasteiger partial charge in [-0.15, -0.1) is 0 Å². The van der Waals surface area contributed by atoms with Crippen LogP contribution in [0.4, 0.5) is 0 Å². The lowest BCUT2D eigenvalue weighted by Gasteiger charge is -2.36. The topological polar surface area (TPSA) is 29.3 Å². The molecule has 0 amide bonds. The van der Waals surface area contributed by atoms with E-state index in [0.29, 0.717) is 6.04 Å². The Kier molecular flexibility index (Phi) is 4.66. The number of hydrogen-bond acceptors (Lipinski definition) is 2. The van der Waals surface area contributed by atoms with Gasteiger partial charge in [-0.25, -0.2) is 0 Å². The summed E-state index contributed by atoms with van der Waals surface area (Å²) in [5, 5.41) is 0. The molecule has 2 unspecified atom stereocenters. The standard InChI is InChI=1S/C14H28N2/c1-12-6-5-9-16(10-12)11-14(15)13-7-3-2-4-8-13/h12-14H,2-11,15H2,1H3. The zero-order valence-electron chi connectivity index (χ0n) is 10.8. The maximum atomic E-state index is 6.38. The van der Waals surface area contributed by atoms with Gasteiger partial charge in [-0.3, -0.25) is 0 Å². The van der Waals surface area contributed by atoms with Crippen LogP contribution >= 0.6 is 0 Å². The molecule has 1 saturated carbocycles. The third-order valence-corrected chi connectivity index (χ3v) is 4.47. The minimum absolute atomic E-state index is 0.436. The number of likely N-dealkylation sites (tertiary alicyclic amines) is 1. The van der Waals surface area contributed by atoms with Crippen molar-refractivity contribution in [1.82, 2.24) is 4.90 Å².